The van der Waals surface area contributed by atoms with E-state index >= 15 is 0 Å². The van der Waals surface area contributed by atoms with Crippen molar-refractivity contribution in [2.45, 2.75) is 56.8 Å². The summed E-state index contributed by atoms with van der Waals surface area (Å²) in [6.45, 7) is 0.651. The molecule has 6 heteroatoms. The Balaban J connectivity index is 1.45. The van der Waals surface area contributed by atoms with Crippen LogP contribution in [0.3, 0.4) is 0 Å². The van der Waals surface area contributed by atoms with Gasteiger partial charge >= 0.3 is 0 Å². The number of amides is 1. The lowest BCUT2D eigenvalue weighted by Gasteiger charge is -2.31. The zero-order valence-electron chi connectivity index (χ0n) is 19.7. The number of rotatable bonds is 5. The monoisotopic (exact) mass is 455 g/mol. The average Bonchev–Trinajstić information content (AvgIpc) is 3.22. The normalized spacial score (nSPS) is 22.6. The minimum absolute atomic E-state index is 0.0936. The molecule has 1 unspecified atom stereocenters. The van der Waals surface area contributed by atoms with Crippen LogP contribution in [0.15, 0.2) is 65.7 Å². The van der Waals surface area contributed by atoms with Gasteiger partial charge in [0.1, 0.15) is 11.9 Å². The minimum atomic E-state index is -0.257. The van der Waals surface area contributed by atoms with Crippen molar-refractivity contribution in [2.24, 2.45) is 16.5 Å². The molecule has 3 aromatic carbocycles. The zero-order valence-corrected chi connectivity index (χ0v) is 19.7. The Kier molecular flexibility index (Phi) is 6.24. The van der Waals surface area contributed by atoms with Gasteiger partial charge in [0.05, 0.1) is 0 Å². The molecule has 5 N–H and O–H groups in total. The largest absolute Gasteiger partial charge is 0.384 e. The molecule has 6 nitrogen and oxygen atoms in total. The number of hydrogen-bond donors (Lipinski definition) is 3. The van der Waals surface area contributed by atoms with Crippen LogP contribution in [-0.2, 0) is 17.8 Å². The van der Waals surface area contributed by atoms with Gasteiger partial charge in [-0.15, -0.1) is 0 Å². The summed E-state index contributed by atoms with van der Waals surface area (Å²) >= 11 is 0. The highest BCUT2D eigenvalue weighted by molar-refractivity contribution is 5.99. The maximum Gasteiger partial charge on any atom is 0.243 e. The van der Waals surface area contributed by atoms with Gasteiger partial charge in [-0.3, -0.25) is 9.79 Å². The first-order chi connectivity index (χ1) is 16.5. The Labute approximate surface area is 201 Å². The van der Waals surface area contributed by atoms with Gasteiger partial charge in [0.2, 0.25) is 5.91 Å². The van der Waals surface area contributed by atoms with Crippen LogP contribution >= 0.6 is 0 Å². The summed E-state index contributed by atoms with van der Waals surface area (Å²) in [6.07, 6.45) is 4.52. The number of fused-ring (bicyclic) bond motifs is 2. The minimum Gasteiger partial charge on any atom is -0.384 e. The molecule has 1 amide bonds. The van der Waals surface area contributed by atoms with Gasteiger partial charge in [-0.2, -0.15) is 0 Å². The van der Waals surface area contributed by atoms with Crippen molar-refractivity contribution >= 4 is 28.2 Å². The lowest BCUT2D eigenvalue weighted by atomic mass is 9.91. The summed E-state index contributed by atoms with van der Waals surface area (Å²) in [6, 6.07) is 21.3. The fourth-order valence-corrected chi connectivity index (χ4v) is 5.30. The molecular weight excluding hydrogens is 422 g/mol. The molecule has 0 bridgehead atoms. The number of hydrogen-bond acceptors (Lipinski definition) is 4. The highest BCUT2D eigenvalue weighted by Gasteiger charge is 2.36. The van der Waals surface area contributed by atoms with Crippen LogP contribution in [0.25, 0.3) is 10.8 Å². The summed E-state index contributed by atoms with van der Waals surface area (Å²) < 4.78 is 0. The number of carbonyl (C=O) groups excluding carboxylic acids is 1. The lowest BCUT2D eigenvalue weighted by molar-refractivity contribution is -0.123. The molecular formula is C28H33N5O. The van der Waals surface area contributed by atoms with Crippen LogP contribution < -0.4 is 21.7 Å². The second-order valence-corrected chi connectivity index (χ2v) is 9.60. The molecule has 1 saturated carbocycles. The van der Waals surface area contributed by atoms with E-state index in [2.05, 4.69) is 69.8 Å². The number of aliphatic imine (C=N–C) groups is 1. The third kappa shape index (κ3) is 4.50. The SMILES string of the molecule is CN=C(N)c1ccc2c(c1)N(Cc1ccc3ccccc3c1)C(C(=O)NC1CCC(N)CC1)C2. The highest BCUT2D eigenvalue weighted by atomic mass is 16.2. The van der Waals surface area contributed by atoms with Crippen molar-refractivity contribution in [1.29, 1.82) is 0 Å². The summed E-state index contributed by atoms with van der Waals surface area (Å²) in [4.78, 5) is 19.9. The van der Waals surface area contributed by atoms with Gasteiger partial charge in [-0.1, -0.05) is 48.5 Å². The van der Waals surface area contributed by atoms with Crippen molar-refractivity contribution < 1.29 is 4.79 Å². The molecule has 1 aliphatic heterocycles. The number of carbonyl (C=O) groups is 1. The number of nitrogens with zero attached hydrogens (tertiary/aromatic N) is 2. The molecule has 0 aromatic heterocycles. The van der Waals surface area contributed by atoms with Gasteiger partial charge < -0.3 is 21.7 Å². The smallest absolute Gasteiger partial charge is 0.243 e. The van der Waals surface area contributed by atoms with E-state index in [1.807, 2.05) is 6.07 Å². The number of nitrogens with two attached hydrogens (primary N) is 2. The fourth-order valence-electron chi connectivity index (χ4n) is 5.30. The highest BCUT2D eigenvalue weighted by Crippen LogP contribution is 2.35. The molecule has 176 valence electrons. The van der Waals surface area contributed by atoms with Crippen molar-refractivity contribution in [3.05, 3.63) is 77.4 Å². The predicted octanol–water partition coefficient (Wildman–Crippen LogP) is 3.49. The zero-order chi connectivity index (χ0) is 23.7. The molecule has 0 spiro atoms. The number of benzene rings is 3. The maximum absolute atomic E-state index is 13.5. The van der Waals surface area contributed by atoms with Crippen molar-refractivity contribution in [3.8, 4) is 0 Å². The van der Waals surface area contributed by atoms with Gasteiger partial charge in [0.15, 0.2) is 0 Å². The molecule has 1 heterocycles. The van der Waals surface area contributed by atoms with E-state index in [9.17, 15) is 4.79 Å². The van der Waals surface area contributed by atoms with Gasteiger partial charge in [0.25, 0.3) is 0 Å². The summed E-state index contributed by atoms with van der Waals surface area (Å²) in [5, 5.41) is 5.74. The molecule has 2 aliphatic rings. The van der Waals surface area contributed by atoms with Crippen molar-refractivity contribution in [1.82, 2.24) is 5.32 Å². The Morgan fingerprint density at radius 1 is 1.03 bits per heavy atom. The Bertz CT molecular complexity index is 1230. The lowest BCUT2D eigenvalue weighted by Crippen LogP contribution is -2.49. The molecule has 1 atom stereocenters. The first-order valence-electron chi connectivity index (χ1n) is 12.2. The standard InChI is InChI=1S/C28H33N5O/c1-31-27(30)22-9-8-21-15-26(28(34)32-24-12-10-23(29)11-13-24)33(25(21)16-22)17-18-6-7-19-4-2-3-5-20(19)14-18/h2-9,14,16,23-24,26H,10-13,15,17,29H2,1H3,(H2,30,31)(H,32,34). The van der Waals surface area contributed by atoms with E-state index in [1.54, 1.807) is 7.05 Å². The second-order valence-electron chi connectivity index (χ2n) is 9.60. The van der Waals surface area contributed by atoms with Crippen LogP contribution in [0.5, 0.6) is 0 Å². The number of anilines is 1. The number of amidine groups is 1. The van der Waals surface area contributed by atoms with Crippen LogP contribution in [0.1, 0.15) is 42.4 Å². The van der Waals surface area contributed by atoms with E-state index in [-0.39, 0.29) is 24.0 Å². The van der Waals surface area contributed by atoms with Gasteiger partial charge in [0, 0.05) is 43.3 Å². The summed E-state index contributed by atoms with van der Waals surface area (Å²) in [5.41, 5.74) is 16.5. The van der Waals surface area contributed by atoms with Gasteiger partial charge in [-0.25, -0.2) is 0 Å². The van der Waals surface area contributed by atoms with Crippen molar-refractivity contribution in [2.75, 3.05) is 11.9 Å². The predicted molar refractivity (Wildman–Crippen MR) is 139 cm³/mol. The maximum atomic E-state index is 13.5. The van der Waals surface area contributed by atoms with E-state index in [0.29, 0.717) is 18.8 Å². The first kappa shape index (κ1) is 22.4. The molecule has 1 aliphatic carbocycles. The molecule has 0 radical (unpaired) electrons. The first-order valence-corrected chi connectivity index (χ1v) is 12.2. The van der Waals surface area contributed by atoms with Crippen LogP contribution in [0, 0.1) is 0 Å². The number of nitrogens with one attached hydrogen (secondary N) is 1. The fraction of sp³-hybridized carbons (Fsp3) is 0.357. The van der Waals surface area contributed by atoms with E-state index in [0.717, 1.165) is 36.9 Å². The Hall–Kier alpha value is -3.38. The molecule has 0 saturated heterocycles. The average molecular weight is 456 g/mol. The second kappa shape index (κ2) is 9.47. The third-order valence-corrected chi connectivity index (χ3v) is 7.31. The van der Waals surface area contributed by atoms with E-state index < -0.39 is 0 Å². The van der Waals surface area contributed by atoms with Crippen LogP contribution in [0.4, 0.5) is 5.69 Å². The van der Waals surface area contributed by atoms with Crippen LogP contribution in [-0.4, -0.2) is 36.9 Å². The molecule has 1 fully saturated rings. The summed E-state index contributed by atoms with van der Waals surface area (Å²) in [5.74, 6) is 0.594. The summed E-state index contributed by atoms with van der Waals surface area (Å²) in [7, 11) is 1.70. The van der Waals surface area contributed by atoms with E-state index in [4.69, 9.17) is 11.5 Å². The van der Waals surface area contributed by atoms with Crippen LogP contribution in [0.2, 0.25) is 0 Å². The quantitative estimate of drug-likeness (QED) is 0.405. The third-order valence-electron chi connectivity index (χ3n) is 7.31. The molecule has 3 aromatic rings. The topological polar surface area (TPSA) is 96.7 Å². The van der Waals surface area contributed by atoms with E-state index in [1.165, 1.54) is 21.9 Å². The van der Waals surface area contributed by atoms with Gasteiger partial charge in [-0.05, 0) is 59.7 Å². The Morgan fingerprint density at radius 2 is 1.79 bits per heavy atom. The van der Waals surface area contributed by atoms with Crippen molar-refractivity contribution in [3.63, 3.8) is 0 Å². The molecule has 34 heavy (non-hydrogen) atoms. The Morgan fingerprint density at radius 3 is 2.56 bits per heavy atom. The molecule has 5 rings (SSSR count).